The fraction of sp³-hybridized carbons (Fsp3) is 0.800. The van der Waals surface area contributed by atoms with Crippen molar-refractivity contribution in [1.82, 2.24) is 10.1 Å². The van der Waals surface area contributed by atoms with Gasteiger partial charge in [-0.05, 0) is 12.8 Å². The third-order valence-electron chi connectivity index (χ3n) is 2.14. The van der Waals surface area contributed by atoms with Crippen LogP contribution in [-0.4, -0.2) is 10.1 Å². The van der Waals surface area contributed by atoms with Crippen LogP contribution in [0.5, 0.6) is 0 Å². The van der Waals surface area contributed by atoms with Crippen LogP contribution in [0.15, 0.2) is 4.52 Å². The minimum atomic E-state index is -0.0898. The van der Waals surface area contributed by atoms with E-state index in [0.29, 0.717) is 5.89 Å². The first-order valence-corrected chi connectivity index (χ1v) is 5.36. The molecule has 4 heteroatoms. The molecule has 0 aliphatic heterocycles. The lowest BCUT2D eigenvalue weighted by atomic mass is 10.1. The number of aryl methyl sites for hydroxylation is 1. The third-order valence-corrected chi connectivity index (χ3v) is 2.14. The predicted octanol–water partition coefficient (Wildman–Crippen LogP) is 2.21. The lowest BCUT2D eigenvalue weighted by Crippen LogP contribution is -2.10. The normalized spacial score (nSPS) is 13.1. The molecule has 0 radical (unpaired) electrons. The van der Waals surface area contributed by atoms with Crippen molar-refractivity contribution in [2.24, 2.45) is 5.73 Å². The van der Waals surface area contributed by atoms with Gasteiger partial charge >= 0.3 is 0 Å². The van der Waals surface area contributed by atoms with Crippen molar-refractivity contribution in [3.05, 3.63) is 11.7 Å². The Bertz CT molecular complexity index is 260. The molecule has 14 heavy (non-hydrogen) atoms. The van der Waals surface area contributed by atoms with Crippen LogP contribution >= 0.6 is 0 Å². The predicted molar refractivity (Wildman–Crippen MR) is 54.7 cm³/mol. The van der Waals surface area contributed by atoms with Gasteiger partial charge < -0.3 is 10.3 Å². The highest BCUT2D eigenvalue weighted by atomic mass is 16.5. The average Bonchev–Trinajstić information content (AvgIpc) is 2.63. The second kappa shape index (κ2) is 5.75. The summed E-state index contributed by atoms with van der Waals surface area (Å²) < 4.78 is 5.09. The first-order chi connectivity index (χ1) is 6.77. The Morgan fingerprint density at radius 1 is 1.36 bits per heavy atom. The Morgan fingerprint density at radius 2 is 2.14 bits per heavy atom. The molecule has 1 aromatic heterocycles. The summed E-state index contributed by atoms with van der Waals surface area (Å²) >= 11 is 0. The largest absolute Gasteiger partial charge is 0.338 e. The summed E-state index contributed by atoms with van der Waals surface area (Å²) in [6.45, 7) is 4.23. The molecular formula is C10H19N3O. The Balaban J connectivity index is 2.48. The second-order valence-corrected chi connectivity index (χ2v) is 3.55. The topological polar surface area (TPSA) is 64.9 Å². The fourth-order valence-corrected chi connectivity index (χ4v) is 1.29. The van der Waals surface area contributed by atoms with E-state index >= 15 is 0 Å². The maximum Gasteiger partial charge on any atom is 0.243 e. The molecule has 0 unspecified atom stereocenters. The van der Waals surface area contributed by atoms with Crippen LogP contribution in [0.4, 0.5) is 0 Å². The minimum absolute atomic E-state index is 0.0898. The van der Waals surface area contributed by atoms with Crippen LogP contribution in [0.25, 0.3) is 0 Å². The molecule has 4 nitrogen and oxygen atoms in total. The van der Waals surface area contributed by atoms with E-state index in [0.717, 1.165) is 37.9 Å². The van der Waals surface area contributed by atoms with Crippen LogP contribution in [0.3, 0.4) is 0 Å². The molecule has 0 aromatic carbocycles. The summed E-state index contributed by atoms with van der Waals surface area (Å²) in [5.41, 5.74) is 5.89. The Kier molecular flexibility index (Phi) is 4.59. The summed E-state index contributed by atoms with van der Waals surface area (Å²) in [7, 11) is 0. The van der Waals surface area contributed by atoms with Crippen LogP contribution in [0.1, 0.15) is 57.3 Å². The Morgan fingerprint density at radius 3 is 2.79 bits per heavy atom. The molecule has 0 fully saturated rings. The van der Waals surface area contributed by atoms with Gasteiger partial charge in [-0.2, -0.15) is 4.98 Å². The van der Waals surface area contributed by atoms with Gasteiger partial charge in [-0.1, -0.05) is 31.8 Å². The smallest absolute Gasteiger partial charge is 0.243 e. The lowest BCUT2D eigenvalue weighted by molar-refractivity contribution is 0.342. The number of nitrogens with two attached hydrogens (primary N) is 1. The van der Waals surface area contributed by atoms with E-state index in [9.17, 15) is 0 Å². The third kappa shape index (κ3) is 3.10. The van der Waals surface area contributed by atoms with E-state index in [-0.39, 0.29) is 6.04 Å². The second-order valence-electron chi connectivity index (χ2n) is 3.55. The van der Waals surface area contributed by atoms with Crippen molar-refractivity contribution >= 4 is 0 Å². The minimum Gasteiger partial charge on any atom is -0.338 e. The van der Waals surface area contributed by atoms with Crippen molar-refractivity contribution in [2.45, 2.75) is 52.0 Å². The van der Waals surface area contributed by atoms with E-state index in [1.807, 2.05) is 0 Å². The van der Waals surface area contributed by atoms with Gasteiger partial charge in [0.05, 0.1) is 6.04 Å². The number of aromatic nitrogens is 2. The molecule has 1 aromatic rings. The SMILES string of the molecule is CCCC[C@H](N)c1nc(CCC)no1. The van der Waals surface area contributed by atoms with E-state index in [1.54, 1.807) is 0 Å². The highest BCUT2D eigenvalue weighted by Gasteiger charge is 2.13. The van der Waals surface area contributed by atoms with E-state index in [2.05, 4.69) is 24.0 Å². The summed E-state index contributed by atoms with van der Waals surface area (Å²) in [6, 6.07) is -0.0898. The van der Waals surface area contributed by atoms with E-state index in [1.165, 1.54) is 0 Å². The van der Waals surface area contributed by atoms with Crippen LogP contribution in [0, 0.1) is 0 Å². The average molecular weight is 197 g/mol. The zero-order chi connectivity index (χ0) is 10.4. The van der Waals surface area contributed by atoms with Gasteiger partial charge in [0.2, 0.25) is 5.89 Å². The first kappa shape index (κ1) is 11.2. The zero-order valence-corrected chi connectivity index (χ0v) is 8.99. The zero-order valence-electron chi connectivity index (χ0n) is 8.99. The first-order valence-electron chi connectivity index (χ1n) is 5.36. The van der Waals surface area contributed by atoms with Crippen LogP contribution < -0.4 is 5.73 Å². The molecular weight excluding hydrogens is 178 g/mol. The molecule has 0 saturated carbocycles. The van der Waals surface area contributed by atoms with E-state index < -0.39 is 0 Å². The number of unbranched alkanes of at least 4 members (excludes halogenated alkanes) is 1. The van der Waals surface area contributed by atoms with Crippen molar-refractivity contribution in [2.75, 3.05) is 0 Å². The van der Waals surface area contributed by atoms with Gasteiger partial charge in [0.25, 0.3) is 0 Å². The lowest BCUT2D eigenvalue weighted by Gasteiger charge is -2.03. The summed E-state index contributed by atoms with van der Waals surface area (Å²) in [4.78, 5) is 4.25. The van der Waals surface area contributed by atoms with Gasteiger partial charge in [0.15, 0.2) is 5.82 Å². The Hall–Kier alpha value is -0.900. The van der Waals surface area contributed by atoms with Crippen molar-refractivity contribution in [1.29, 1.82) is 0 Å². The molecule has 0 aliphatic carbocycles. The molecule has 0 amide bonds. The van der Waals surface area contributed by atoms with Gasteiger partial charge in [0, 0.05) is 6.42 Å². The van der Waals surface area contributed by atoms with Gasteiger partial charge in [-0.15, -0.1) is 0 Å². The maximum atomic E-state index is 5.89. The van der Waals surface area contributed by atoms with Crippen LogP contribution in [0.2, 0.25) is 0 Å². The fourth-order valence-electron chi connectivity index (χ4n) is 1.29. The standard InChI is InChI=1S/C10H19N3O/c1-3-5-7-8(11)10-12-9(6-4-2)13-14-10/h8H,3-7,11H2,1-2H3/t8-/m0/s1. The summed E-state index contributed by atoms with van der Waals surface area (Å²) in [5, 5.41) is 3.87. The van der Waals surface area contributed by atoms with E-state index in [4.69, 9.17) is 10.3 Å². The van der Waals surface area contributed by atoms with Gasteiger partial charge in [0.1, 0.15) is 0 Å². The number of rotatable bonds is 6. The Labute approximate surface area is 84.9 Å². The molecule has 2 N–H and O–H groups in total. The molecule has 1 heterocycles. The number of hydrogen-bond acceptors (Lipinski definition) is 4. The molecule has 1 atom stereocenters. The van der Waals surface area contributed by atoms with Crippen molar-refractivity contribution in [3.63, 3.8) is 0 Å². The van der Waals surface area contributed by atoms with Crippen molar-refractivity contribution < 1.29 is 4.52 Å². The highest BCUT2D eigenvalue weighted by molar-refractivity contribution is 4.91. The molecule has 80 valence electrons. The highest BCUT2D eigenvalue weighted by Crippen LogP contribution is 2.14. The quantitative estimate of drug-likeness (QED) is 0.759. The molecule has 0 spiro atoms. The van der Waals surface area contributed by atoms with Gasteiger partial charge in [-0.3, -0.25) is 0 Å². The van der Waals surface area contributed by atoms with Crippen molar-refractivity contribution in [3.8, 4) is 0 Å². The van der Waals surface area contributed by atoms with Gasteiger partial charge in [-0.25, -0.2) is 0 Å². The summed E-state index contributed by atoms with van der Waals surface area (Å²) in [6.07, 6.45) is 5.06. The monoisotopic (exact) mass is 197 g/mol. The summed E-state index contributed by atoms with van der Waals surface area (Å²) in [5.74, 6) is 1.36. The number of hydrogen-bond donors (Lipinski definition) is 1. The molecule has 0 bridgehead atoms. The maximum absolute atomic E-state index is 5.89. The molecule has 0 saturated heterocycles. The molecule has 0 aliphatic rings. The molecule has 1 rings (SSSR count). The number of nitrogens with zero attached hydrogens (tertiary/aromatic N) is 2. The van der Waals surface area contributed by atoms with Crippen LogP contribution in [-0.2, 0) is 6.42 Å².